The van der Waals surface area contributed by atoms with Crippen LogP contribution in [-0.2, 0) is 6.42 Å². The number of rotatable bonds is 3. The Morgan fingerprint density at radius 2 is 2.13 bits per heavy atom. The number of fused-ring (bicyclic) bond motifs is 1. The number of methoxy groups -OCH3 is 1. The SMILES string of the molecule is COc1ccc2nc(CCN)ccc2c1. The van der Waals surface area contributed by atoms with Crippen LogP contribution >= 0.6 is 0 Å². The minimum absolute atomic E-state index is 0.634. The van der Waals surface area contributed by atoms with Crippen molar-refractivity contribution in [2.75, 3.05) is 13.7 Å². The van der Waals surface area contributed by atoms with Crippen molar-refractivity contribution in [3.05, 3.63) is 36.0 Å². The Morgan fingerprint density at radius 3 is 2.87 bits per heavy atom. The summed E-state index contributed by atoms with van der Waals surface area (Å²) in [5.74, 6) is 0.857. The van der Waals surface area contributed by atoms with Crippen molar-refractivity contribution in [3.63, 3.8) is 0 Å². The Morgan fingerprint density at radius 1 is 1.27 bits per heavy atom. The van der Waals surface area contributed by atoms with Gasteiger partial charge in [-0.05, 0) is 30.8 Å². The molecule has 0 bridgehead atoms. The molecule has 2 aromatic rings. The van der Waals surface area contributed by atoms with E-state index in [9.17, 15) is 0 Å². The van der Waals surface area contributed by atoms with Gasteiger partial charge >= 0.3 is 0 Å². The van der Waals surface area contributed by atoms with Crippen molar-refractivity contribution >= 4 is 10.9 Å². The van der Waals surface area contributed by atoms with Crippen molar-refractivity contribution in [1.29, 1.82) is 0 Å². The maximum absolute atomic E-state index is 5.49. The molecule has 1 heterocycles. The number of nitrogens with zero attached hydrogens (tertiary/aromatic N) is 1. The van der Waals surface area contributed by atoms with Gasteiger partial charge in [-0.3, -0.25) is 4.98 Å². The van der Waals surface area contributed by atoms with E-state index in [1.165, 1.54) is 0 Å². The van der Waals surface area contributed by atoms with Crippen LogP contribution in [-0.4, -0.2) is 18.6 Å². The minimum atomic E-state index is 0.634. The quantitative estimate of drug-likeness (QED) is 0.824. The summed E-state index contributed by atoms with van der Waals surface area (Å²) >= 11 is 0. The second-order valence-electron chi connectivity index (χ2n) is 3.40. The van der Waals surface area contributed by atoms with E-state index in [0.29, 0.717) is 6.54 Å². The van der Waals surface area contributed by atoms with Gasteiger partial charge in [0.1, 0.15) is 5.75 Å². The zero-order valence-corrected chi connectivity index (χ0v) is 8.73. The highest BCUT2D eigenvalue weighted by Crippen LogP contribution is 2.19. The van der Waals surface area contributed by atoms with Crippen LogP contribution in [0.4, 0.5) is 0 Å². The molecule has 0 amide bonds. The van der Waals surface area contributed by atoms with E-state index in [2.05, 4.69) is 11.1 Å². The normalized spacial score (nSPS) is 10.5. The Bertz CT molecular complexity index is 468. The molecule has 1 aromatic carbocycles. The van der Waals surface area contributed by atoms with Crippen molar-refractivity contribution in [1.82, 2.24) is 4.98 Å². The lowest BCUT2D eigenvalue weighted by Crippen LogP contribution is -2.04. The van der Waals surface area contributed by atoms with Gasteiger partial charge in [-0.2, -0.15) is 0 Å². The van der Waals surface area contributed by atoms with Crippen LogP contribution in [0.1, 0.15) is 5.69 Å². The van der Waals surface area contributed by atoms with Crippen LogP contribution in [0.25, 0.3) is 10.9 Å². The maximum Gasteiger partial charge on any atom is 0.119 e. The van der Waals surface area contributed by atoms with Gasteiger partial charge in [-0.1, -0.05) is 6.07 Å². The Kier molecular flexibility index (Phi) is 2.83. The number of benzene rings is 1. The molecule has 0 atom stereocenters. The minimum Gasteiger partial charge on any atom is -0.497 e. The predicted octanol–water partition coefficient (Wildman–Crippen LogP) is 1.74. The van der Waals surface area contributed by atoms with Gasteiger partial charge in [0.2, 0.25) is 0 Å². The third-order valence-electron chi connectivity index (χ3n) is 2.35. The zero-order chi connectivity index (χ0) is 10.7. The Labute approximate surface area is 88.9 Å². The molecule has 3 heteroatoms. The molecule has 0 spiro atoms. The number of aromatic nitrogens is 1. The highest BCUT2D eigenvalue weighted by Gasteiger charge is 1.99. The summed E-state index contributed by atoms with van der Waals surface area (Å²) in [7, 11) is 1.66. The van der Waals surface area contributed by atoms with Crippen LogP contribution in [0.15, 0.2) is 30.3 Å². The second kappa shape index (κ2) is 4.28. The van der Waals surface area contributed by atoms with E-state index in [-0.39, 0.29) is 0 Å². The summed E-state index contributed by atoms with van der Waals surface area (Å²) < 4.78 is 5.15. The van der Waals surface area contributed by atoms with Gasteiger partial charge in [0, 0.05) is 17.5 Å². The van der Waals surface area contributed by atoms with Crippen molar-refractivity contribution < 1.29 is 4.74 Å². The number of pyridine rings is 1. The fraction of sp³-hybridized carbons (Fsp3) is 0.250. The first-order valence-electron chi connectivity index (χ1n) is 4.97. The molecule has 2 rings (SSSR count). The largest absolute Gasteiger partial charge is 0.497 e. The molecule has 0 fully saturated rings. The molecule has 0 saturated heterocycles. The van der Waals surface area contributed by atoms with Crippen molar-refractivity contribution in [3.8, 4) is 5.75 Å². The number of hydrogen-bond acceptors (Lipinski definition) is 3. The summed E-state index contributed by atoms with van der Waals surface area (Å²) in [5.41, 5.74) is 7.52. The summed E-state index contributed by atoms with van der Waals surface area (Å²) in [4.78, 5) is 4.50. The van der Waals surface area contributed by atoms with E-state index in [1.807, 2.05) is 24.3 Å². The van der Waals surface area contributed by atoms with Gasteiger partial charge in [-0.25, -0.2) is 0 Å². The van der Waals surface area contributed by atoms with Crippen LogP contribution in [0, 0.1) is 0 Å². The molecule has 0 unspecified atom stereocenters. The molecule has 0 aliphatic heterocycles. The highest BCUT2D eigenvalue weighted by atomic mass is 16.5. The third-order valence-corrected chi connectivity index (χ3v) is 2.35. The fourth-order valence-electron chi connectivity index (χ4n) is 1.56. The lowest BCUT2D eigenvalue weighted by atomic mass is 10.1. The van der Waals surface area contributed by atoms with Gasteiger partial charge in [0.05, 0.1) is 12.6 Å². The van der Waals surface area contributed by atoms with Gasteiger partial charge in [0.15, 0.2) is 0 Å². The molecule has 78 valence electrons. The lowest BCUT2D eigenvalue weighted by Gasteiger charge is -2.03. The molecule has 0 aliphatic rings. The van der Waals surface area contributed by atoms with Gasteiger partial charge < -0.3 is 10.5 Å². The molecule has 2 N–H and O–H groups in total. The standard InChI is InChI=1S/C12H14N2O/c1-15-11-4-5-12-9(8-11)2-3-10(14-12)6-7-13/h2-5,8H,6-7,13H2,1H3. The second-order valence-corrected chi connectivity index (χ2v) is 3.40. The fourth-order valence-corrected chi connectivity index (χ4v) is 1.56. The molecule has 0 saturated carbocycles. The molecule has 3 nitrogen and oxygen atoms in total. The molecular weight excluding hydrogens is 188 g/mol. The Balaban J connectivity index is 2.45. The average Bonchev–Trinajstić information content (AvgIpc) is 2.29. The molecule has 1 aromatic heterocycles. The third kappa shape index (κ3) is 2.07. The van der Waals surface area contributed by atoms with E-state index in [4.69, 9.17) is 10.5 Å². The predicted molar refractivity (Wildman–Crippen MR) is 61.1 cm³/mol. The summed E-state index contributed by atoms with van der Waals surface area (Å²) in [6.45, 7) is 0.634. The van der Waals surface area contributed by atoms with E-state index < -0.39 is 0 Å². The first kappa shape index (κ1) is 9.93. The average molecular weight is 202 g/mol. The van der Waals surface area contributed by atoms with Crippen LogP contribution in [0.5, 0.6) is 5.75 Å². The first-order valence-corrected chi connectivity index (χ1v) is 4.97. The first-order chi connectivity index (χ1) is 7.33. The van der Waals surface area contributed by atoms with Crippen molar-refractivity contribution in [2.24, 2.45) is 5.73 Å². The zero-order valence-electron chi connectivity index (χ0n) is 8.73. The van der Waals surface area contributed by atoms with Crippen LogP contribution in [0.3, 0.4) is 0 Å². The van der Waals surface area contributed by atoms with Crippen LogP contribution < -0.4 is 10.5 Å². The molecule has 0 aliphatic carbocycles. The molecule has 15 heavy (non-hydrogen) atoms. The number of ether oxygens (including phenoxy) is 1. The van der Waals surface area contributed by atoms with Gasteiger partial charge in [-0.15, -0.1) is 0 Å². The number of hydrogen-bond donors (Lipinski definition) is 1. The molecular formula is C12H14N2O. The summed E-state index contributed by atoms with van der Waals surface area (Å²) in [6, 6.07) is 9.93. The highest BCUT2D eigenvalue weighted by molar-refractivity contribution is 5.80. The van der Waals surface area contributed by atoms with Gasteiger partial charge in [0.25, 0.3) is 0 Å². The maximum atomic E-state index is 5.49. The lowest BCUT2D eigenvalue weighted by molar-refractivity contribution is 0.415. The van der Waals surface area contributed by atoms with E-state index >= 15 is 0 Å². The van der Waals surface area contributed by atoms with Crippen LogP contribution in [0.2, 0.25) is 0 Å². The van der Waals surface area contributed by atoms with E-state index in [1.54, 1.807) is 7.11 Å². The molecule has 0 radical (unpaired) electrons. The Hall–Kier alpha value is -1.61. The summed E-state index contributed by atoms with van der Waals surface area (Å²) in [6.07, 6.45) is 0.821. The topological polar surface area (TPSA) is 48.1 Å². The number of nitrogens with two attached hydrogens (primary N) is 1. The van der Waals surface area contributed by atoms with E-state index in [0.717, 1.165) is 28.8 Å². The summed E-state index contributed by atoms with van der Waals surface area (Å²) in [5, 5.41) is 1.09. The monoisotopic (exact) mass is 202 g/mol. The smallest absolute Gasteiger partial charge is 0.119 e. The van der Waals surface area contributed by atoms with Crippen molar-refractivity contribution in [2.45, 2.75) is 6.42 Å².